The van der Waals surface area contributed by atoms with Crippen molar-refractivity contribution in [1.29, 1.82) is 0 Å². The predicted octanol–water partition coefficient (Wildman–Crippen LogP) is 3.12. The Morgan fingerprint density at radius 1 is 1.43 bits per heavy atom. The van der Waals surface area contributed by atoms with E-state index in [1.54, 1.807) is 0 Å². The Labute approximate surface area is 122 Å². The molecule has 0 saturated heterocycles. The van der Waals surface area contributed by atoms with Gasteiger partial charge in [0.05, 0.1) is 16.6 Å². The molecule has 1 aromatic carbocycles. The molecule has 0 aliphatic heterocycles. The first-order chi connectivity index (χ1) is 9.97. The molecule has 108 valence electrons. The first-order valence-electron chi connectivity index (χ1n) is 5.72. The Bertz CT molecular complexity index is 708. The van der Waals surface area contributed by atoms with Crippen molar-refractivity contribution in [3.05, 3.63) is 63.6 Å². The van der Waals surface area contributed by atoms with Crippen LogP contribution in [0.5, 0.6) is 0 Å². The zero-order chi connectivity index (χ0) is 15.4. The van der Waals surface area contributed by atoms with Gasteiger partial charge in [0.1, 0.15) is 10.8 Å². The lowest BCUT2D eigenvalue weighted by Gasteiger charge is -2.05. The van der Waals surface area contributed by atoms with Crippen LogP contribution in [-0.4, -0.2) is 21.0 Å². The zero-order valence-electron chi connectivity index (χ0n) is 10.5. The van der Waals surface area contributed by atoms with E-state index in [1.807, 2.05) is 0 Å². The molecule has 2 rings (SSSR count). The molecule has 8 heteroatoms. The van der Waals surface area contributed by atoms with Gasteiger partial charge in [-0.3, -0.25) is 10.1 Å². The third-order valence-electron chi connectivity index (χ3n) is 2.53. The molecule has 0 aliphatic carbocycles. The number of benzene rings is 1. The number of rotatable bonds is 5. The molecular weight excluding hydrogens is 299 g/mol. The van der Waals surface area contributed by atoms with E-state index in [0.29, 0.717) is 5.56 Å². The van der Waals surface area contributed by atoms with E-state index in [0.717, 1.165) is 17.8 Å². The number of hydrogen-bond acceptors (Lipinski definition) is 5. The van der Waals surface area contributed by atoms with Crippen LogP contribution in [0, 0.1) is 15.9 Å². The van der Waals surface area contributed by atoms with Gasteiger partial charge in [-0.05, 0) is 23.8 Å². The number of aromatic carboxylic acids is 1. The number of aromatic nitrogens is 1. The molecule has 0 aliphatic rings. The molecule has 0 unspecified atom stereocenters. The van der Waals surface area contributed by atoms with Gasteiger partial charge < -0.3 is 5.11 Å². The minimum absolute atomic E-state index is 0.0356. The Kier molecular flexibility index (Phi) is 4.49. The molecule has 2 aromatic rings. The fraction of sp³-hybridized carbons (Fsp3) is 0.0769. The number of hydrogen-bond donors (Lipinski definition) is 1. The maximum Gasteiger partial charge on any atom is 0.338 e. The number of nitrogens with zero attached hydrogens (tertiary/aromatic N) is 2. The van der Waals surface area contributed by atoms with E-state index >= 15 is 0 Å². The van der Waals surface area contributed by atoms with Crippen LogP contribution in [0.15, 0.2) is 41.6 Å². The summed E-state index contributed by atoms with van der Waals surface area (Å²) in [6.45, 7) is 0. The molecule has 0 saturated carbocycles. The lowest BCUT2D eigenvalue weighted by Crippen LogP contribution is -2.00. The molecule has 0 radical (unpaired) electrons. The molecule has 1 heterocycles. The summed E-state index contributed by atoms with van der Waals surface area (Å²) >= 11 is 1.08. The molecular formula is C13H9FN2O4S. The van der Waals surface area contributed by atoms with E-state index < -0.39 is 16.7 Å². The van der Waals surface area contributed by atoms with Gasteiger partial charge in [0, 0.05) is 18.0 Å². The van der Waals surface area contributed by atoms with Crippen molar-refractivity contribution in [2.24, 2.45) is 0 Å². The van der Waals surface area contributed by atoms with Crippen LogP contribution >= 0.6 is 11.8 Å². The second-order valence-electron chi connectivity index (χ2n) is 4.02. The Balaban J connectivity index is 2.21. The van der Waals surface area contributed by atoms with Gasteiger partial charge in [-0.2, -0.15) is 0 Å². The summed E-state index contributed by atoms with van der Waals surface area (Å²) in [6.07, 6.45) is 1.45. The van der Waals surface area contributed by atoms with Crippen molar-refractivity contribution in [2.75, 3.05) is 0 Å². The average molecular weight is 308 g/mol. The quantitative estimate of drug-likeness (QED) is 0.518. The third kappa shape index (κ3) is 3.76. The van der Waals surface area contributed by atoms with Crippen LogP contribution < -0.4 is 0 Å². The number of halogens is 1. The number of carbonyl (C=O) groups is 1. The fourth-order valence-corrected chi connectivity index (χ4v) is 2.56. The van der Waals surface area contributed by atoms with E-state index in [1.165, 1.54) is 30.5 Å². The number of carboxylic acid groups (broad SMARTS) is 1. The van der Waals surface area contributed by atoms with Gasteiger partial charge >= 0.3 is 5.97 Å². The summed E-state index contributed by atoms with van der Waals surface area (Å²) in [5.74, 6) is -1.65. The Morgan fingerprint density at radius 3 is 2.86 bits per heavy atom. The number of nitro benzene ring substituents is 1. The second kappa shape index (κ2) is 6.31. The van der Waals surface area contributed by atoms with Gasteiger partial charge in [0.2, 0.25) is 0 Å². The van der Waals surface area contributed by atoms with Crippen LogP contribution in [0.1, 0.15) is 15.9 Å². The van der Waals surface area contributed by atoms with Crippen LogP contribution in [0.3, 0.4) is 0 Å². The SMILES string of the molecule is O=C(O)c1cccnc1SCc1cc(F)cc([N+](=O)[O-])c1. The van der Waals surface area contributed by atoms with Crippen molar-refractivity contribution in [3.63, 3.8) is 0 Å². The lowest BCUT2D eigenvalue weighted by atomic mass is 10.2. The van der Waals surface area contributed by atoms with Crippen molar-refractivity contribution in [1.82, 2.24) is 4.98 Å². The van der Waals surface area contributed by atoms with E-state index in [4.69, 9.17) is 5.11 Å². The van der Waals surface area contributed by atoms with Gasteiger partial charge in [0.15, 0.2) is 0 Å². The normalized spacial score (nSPS) is 10.3. The predicted molar refractivity (Wildman–Crippen MR) is 73.8 cm³/mol. The highest BCUT2D eigenvalue weighted by atomic mass is 32.2. The number of thioether (sulfide) groups is 1. The average Bonchev–Trinajstić information content (AvgIpc) is 2.44. The van der Waals surface area contributed by atoms with Crippen molar-refractivity contribution < 1.29 is 19.2 Å². The number of non-ortho nitro benzene ring substituents is 1. The second-order valence-corrected chi connectivity index (χ2v) is 4.99. The third-order valence-corrected chi connectivity index (χ3v) is 3.61. The smallest absolute Gasteiger partial charge is 0.338 e. The van der Waals surface area contributed by atoms with Gasteiger partial charge in [-0.15, -0.1) is 11.8 Å². The molecule has 0 atom stereocenters. The lowest BCUT2D eigenvalue weighted by molar-refractivity contribution is -0.385. The van der Waals surface area contributed by atoms with Crippen LogP contribution in [-0.2, 0) is 5.75 Å². The highest BCUT2D eigenvalue weighted by molar-refractivity contribution is 7.98. The van der Waals surface area contributed by atoms with E-state index in [-0.39, 0.29) is 22.0 Å². The molecule has 1 N–H and O–H groups in total. The van der Waals surface area contributed by atoms with Gasteiger partial charge in [0.25, 0.3) is 5.69 Å². The highest BCUT2D eigenvalue weighted by Crippen LogP contribution is 2.26. The largest absolute Gasteiger partial charge is 0.478 e. The molecule has 0 fully saturated rings. The summed E-state index contributed by atoms with van der Waals surface area (Å²) in [6, 6.07) is 6.16. The minimum atomic E-state index is -1.11. The number of pyridine rings is 1. The maximum atomic E-state index is 13.3. The molecule has 0 amide bonds. The summed E-state index contributed by atoms with van der Waals surface area (Å²) in [7, 11) is 0. The van der Waals surface area contributed by atoms with Crippen molar-refractivity contribution in [3.8, 4) is 0 Å². The Morgan fingerprint density at radius 2 is 2.19 bits per heavy atom. The van der Waals surface area contributed by atoms with Gasteiger partial charge in [-0.25, -0.2) is 14.2 Å². The van der Waals surface area contributed by atoms with Crippen LogP contribution in [0.2, 0.25) is 0 Å². The number of nitro groups is 1. The minimum Gasteiger partial charge on any atom is -0.478 e. The van der Waals surface area contributed by atoms with E-state index in [9.17, 15) is 19.3 Å². The molecule has 1 aromatic heterocycles. The molecule has 0 bridgehead atoms. The zero-order valence-corrected chi connectivity index (χ0v) is 11.3. The van der Waals surface area contributed by atoms with E-state index in [2.05, 4.69) is 4.98 Å². The summed E-state index contributed by atoms with van der Waals surface area (Å²) in [4.78, 5) is 25.0. The maximum absolute atomic E-state index is 13.3. The Hall–Kier alpha value is -2.48. The van der Waals surface area contributed by atoms with Crippen LogP contribution in [0.25, 0.3) is 0 Å². The van der Waals surface area contributed by atoms with Crippen LogP contribution in [0.4, 0.5) is 10.1 Å². The first-order valence-corrected chi connectivity index (χ1v) is 6.71. The van der Waals surface area contributed by atoms with Crippen molar-refractivity contribution >= 4 is 23.4 Å². The monoisotopic (exact) mass is 308 g/mol. The number of carboxylic acids is 1. The highest BCUT2D eigenvalue weighted by Gasteiger charge is 2.13. The first kappa shape index (κ1) is 14.9. The van der Waals surface area contributed by atoms with Gasteiger partial charge in [-0.1, -0.05) is 0 Å². The summed E-state index contributed by atoms with van der Waals surface area (Å²) in [5, 5.41) is 20.0. The molecule has 21 heavy (non-hydrogen) atoms. The molecule has 0 spiro atoms. The summed E-state index contributed by atoms with van der Waals surface area (Å²) < 4.78 is 13.3. The fourth-order valence-electron chi connectivity index (χ4n) is 1.64. The van der Waals surface area contributed by atoms with Crippen molar-refractivity contribution in [2.45, 2.75) is 10.8 Å². The topological polar surface area (TPSA) is 93.3 Å². The standard InChI is InChI=1S/C13H9FN2O4S/c14-9-4-8(5-10(6-9)16(19)20)7-21-12-11(13(17)18)2-1-3-15-12/h1-6H,7H2,(H,17,18). The molecule has 6 nitrogen and oxygen atoms in total. The summed E-state index contributed by atoms with van der Waals surface area (Å²) in [5.41, 5.74) is 0.0761.